The van der Waals surface area contributed by atoms with Crippen LogP contribution in [0.25, 0.3) is 0 Å². The van der Waals surface area contributed by atoms with Crippen molar-refractivity contribution in [1.82, 2.24) is 10.2 Å². The number of allylic oxidation sites excluding steroid dienone is 1. The highest BCUT2D eigenvalue weighted by molar-refractivity contribution is 5.97. The van der Waals surface area contributed by atoms with Crippen LogP contribution >= 0.6 is 0 Å². The highest BCUT2D eigenvalue weighted by Gasteiger charge is 2.38. The Labute approximate surface area is 109 Å². The average Bonchev–Trinajstić information content (AvgIpc) is 2.30. The van der Waals surface area contributed by atoms with Crippen molar-refractivity contribution in [1.29, 1.82) is 0 Å². The van der Waals surface area contributed by atoms with Gasteiger partial charge >= 0.3 is 0 Å². The third-order valence-electron chi connectivity index (χ3n) is 3.21. The van der Waals surface area contributed by atoms with Gasteiger partial charge in [-0.05, 0) is 25.7 Å². The summed E-state index contributed by atoms with van der Waals surface area (Å²) in [6.45, 7) is 8.49. The van der Waals surface area contributed by atoms with Crippen LogP contribution in [0, 0.1) is 5.92 Å². The van der Waals surface area contributed by atoms with Crippen LogP contribution in [0.1, 0.15) is 40.5 Å². The zero-order chi connectivity index (χ0) is 13.7. The zero-order valence-corrected chi connectivity index (χ0v) is 11.8. The van der Waals surface area contributed by atoms with E-state index in [1.807, 2.05) is 26.0 Å². The molecule has 0 aromatic carbocycles. The SMILES string of the molecule is C/C=C/CN1C(=O)C(CC(C)C)NC(=O)C1CC. The molecule has 2 atom stereocenters. The van der Waals surface area contributed by atoms with Gasteiger partial charge in [0.15, 0.2) is 0 Å². The number of piperazine rings is 1. The molecule has 0 bridgehead atoms. The van der Waals surface area contributed by atoms with Gasteiger partial charge in [0.05, 0.1) is 0 Å². The van der Waals surface area contributed by atoms with Crippen molar-refractivity contribution in [2.24, 2.45) is 5.92 Å². The minimum Gasteiger partial charge on any atom is -0.342 e. The van der Waals surface area contributed by atoms with Crippen molar-refractivity contribution >= 4 is 11.8 Å². The first-order valence-corrected chi connectivity index (χ1v) is 6.73. The summed E-state index contributed by atoms with van der Waals surface area (Å²) in [6, 6.07) is -0.678. The maximum absolute atomic E-state index is 12.4. The number of nitrogens with zero attached hydrogens (tertiary/aromatic N) is 1. The number of carbonyl (C=O) groups is 2. The summed E-state index contributed by atoms with van der Waals surface area (Å²) >= 11 is 0. The molecule has 0 spiro atoms. The fourth-order valence-electron chi connectivity index (χ4n) is 2.30. The number of hydrogen-bond donors (Lipinski definition) is 1. The molecule has 1 saturated heterocycles. The molecule has 1 heterocycles. The van der Waals surface area contributed by atoms with Crippen LogP contribution in [-0.2, 0) is 9.59 Å². The summed E-state index contributed by atoms with van der Waals surface area (Å²) in [7, 11) is 0. The summed E-state index contributed by atoms with van der Waals surface area (Å²) in [5, 5.41) is 2.85. The fourth-order valence-corrected chi connectivity index (χ4v) is 2.30. The third-order valence-corrected chi connectivity index (χ3v) is 3.21. The molecule has 0 aromatic heterocycles. The summed E-state index contributed by atoms with van der Waals surface area (Å²) in [6.07, 6.45) is 5.19. The van der Waals surface area contributed by atoms with Gasteiger partial charge in [-0.3, -0.25) is 9.59 Å². The topological polar surface area (TPSA) is 49.4 Å². The smallest absolute Gasteiger partial charge is 0.246 e. The highest BCUT2D eigenvalue weighted by Crippen LogP contribution is 2.17. The predicted octanol–water partition coefficient (Wildman–Crippen LogP) is 1.71. The molecule has 1 rings (SSSR count). The van der Waals surface area contributed by atoms with E-state index >= 15 is 0 Å². The van der Waals surface area contributed by atoms with Crippen LogP contribution in [0.4, 0.5) is 0 Å². The normalized spacial score (nSPS) is 25.1. The zero-order valence-electron chi connectivity index (χ0n) is 11.8. The fraction of sp³-hybridized carbons (Fsp3) is 0.714. The molecule has 0 aliphatic carbocycles. The molecule has 4 nitrogen and oxygen atoms in total. The van der Waals surface area contributed by atoms with Gasteiger partial charge in [0.25, 0.3) is 0 Å². The maximum atomic E-state index is 12.4. The lowest BCUT2D eigenvalue weighted by Crippen LogP contribution is -2.63. The number of rotatable bonds is 5. The second kappa shape index (κ2) is 6.57. The van der Waals surface area contributed by atoms with Crippen LogP contribution < -0.4 is 5.32 Å². The first-order chi connectivity index (χ1) is 8.51. The van der Waals surface area contributed by atoms with E-state index in [2.05, 4.69) is 19.2 Å². The van der Waals surface area contributed by atoms with Crippen molar-refractivity contribution in [3.05, 3.63) is 12.2 Å². The van der Waals surface area contributed by atoms with E-state index in [0.29, 0.717) is 25.3 Å². The van der Waals surface area contributed by atoms with E-state index in [0.717, 1.165) is 0 Å². The van der Waals surface area contributed by atoms with Crippen molar-refractivity contribution in [2.45, 2.75) is 52.6 Å². The Bertz CT molecular complexity index is 337. The largest absolute Gasteiger partial charge is 0.342 e. The number of amides is 2. The number of hydrogen-bond acceptors (Lipinski definition) is 2. The lowest BCUT2D eigenvalue weighted by molar-refractivity contribution is -0.149. The van der Waals surface area contributed by atoms with Gasteiger partial charge in [0.1, 0.15) is 12.1 Å². The van der Waals surface area contributed by atoms with Gasteiger partial charge in [-0.25, -0.2) is 0 Å². The van der Waals surface area contributed by atoms with Crippen molar-refractivity contribution in [3.8, 4) is 0 Å². The van der Waals surface area contributed by atoms with E-state index in [-0.39, 0.29) is 23.9 Å². The predicted molar refractivity (Wildman–Crippen MR) is 72.0 cm³/mol. The first kappa shape index (κ1) is 14.7. The molecule has 1 N–H and O–H groups in total. The standard InChI is InChI=1S/C14H24N2O2/c1-5-7-8-16-12(6-2)13(17)15-11(14(16)18)9-10(3)4/h5,7,10-12H,6,8-9H2,1-4H3,(H,15,17)/b7-5+. The second-order valence-corrected chi connectivity index (χ2v) is 5.17. The lowest BCUT2D eigenvalue weighted by atomic mass is 9.97. The van der Waals surface area contributed by atoms with Crippen LogP contribution in [0.5, 0.6) is 0 Å². The molecule has 18 heavy (non-hydrogen) atoms. The van der Waals surface area contributed by atoms with E-state index in [4.69, 9.17) is 0 Å². The molecule has 1 aliphatic heterocycles. The van der Waals surface area contributed by atoms with Gasteiger partial charge in [-0.2, -0.15) is 0 Å². The molecule has 2 unspecified atom stereocenters. The van der Waals surface area contributed by atoms with Gasteiger partial charge in [-0.15, -0.1) is 0 Å². The van der Waals surface area contributed by atoms with Crippen molar-refractivity contribution in [2.75, 3.05) is 6.54 Å². The van der Waals surface area contributed by atoms with E-state index in [1.54, 1.807) is 4.90 Å². The summed E-state index contributed by atoms with van der Waals surface area (Å²) in [5.74, 6) is 0.418. The van der Waals surface area contributed by atoms with Crippen LogP contribution in [0.2, 0.25) is 0 Å². The Morgan fingerprint density at radius 1 is 1.39 bits per heavy atom. The molecule has 0 radical (unpaired) electrons. The maximum Gasteiger partial charge on any atom is 0.246 e. The van der Waals surface area contributed by atoms with Crippen LogP contribution in [0.3, 0.4) is 0 Å². The third kappa shape index (κ3) is 3.34. The summed E-state index contributed by atoms with van der Waals surface area (Å²) < 4.78 is 0. The van der Waals surface area contributed by atoms with Gasteiger partial charge in [-0.1, -0.05) is 32.9 Å². The Morgan fingerprint density at radius 3 is 2.56 bits per heavy atom. The minimum atomic E-state index is -0.356. The highest BCUT2D eigenvalue weighted by atomic mass is 16.2. The van der Waals surface area contributed by atoms with Gasteiger partial charge < -0.3 is 10.2 Å². The summed E-state index contributed by atoms with van der Waals surface area (Å²) in [5.41, 5.74) is 0. The number of nitrogens with one attached hydrogen (secondary N) is 1. The van der Waals surface area contributed by atoms with E-state index in [1.165, 1.54) is 0 Å². The summed E-state index contributed by atoms with van der Waals surface area (Å²) in [4.78, 5) is 26.1. The van der Waals surface area contributed by atoms with Crippen molar-refractivity contribution in [3.63, 3.8) is 0 Å². The first-order valence-electron chi connectivity index (χ1n) is 6.73. The van der Waals surface area contributed by atoms with Crippen LogP contribution in [0.15, 0.2) is 12.2 Å². The second-order valence-electron chi connectivity index (χ2n) is 5.17. The monoisotopic (exact) mass is 252 g/mol. The molecule has 0 saturated carbocycles. The molecule has 4 heteroatoms. The molecule has 0 aromatic rings. The van der Waals surface area contributed by atoms with Gasteiger partial charge in [0, 0.05) is 6.54 Å². The molecule has 2 amide bonds. The van der Waals surface area contributed by atoms with Crippen molar-refractivity contribution < 1.29 is 9.59 Å². The Morgan fingerprint density at radius 2 is 2.06 bits per heavy atom. The molecular formula is C14H24N2O2. The average molecular weight is 252 g/mol. The lowest BCUT2D eigenvalue weighted by Gasteiger charge is -2.38. The molecular weight excluding hydrogens is 228 g/mol. The minimum absolute atomic E-state index is 0.0211. The Balaban J connectivity index is 2.85. The van der Waals surface area contributed by atoms with E-state index in [9.17, 15) is 9.59 Å². The number of carbonyl (C=O) groups excluding carboxylic acids is 2. The molecule has 1 aliphatic rings. The van der Waals surface area contributed by atoms with Gasteiger partial charge in [0.2, 0.25) is 11.8 Å². The molecule has 1 fully saturated rings. The Kier molecular flexibility index (Phi) is 5.38. The van der Waals surface area contributed by atoms with Crippen LogP contribution in [-0.4, -0.2) is 35.3 Å². The Hall–Kier alpha value is -1.32. The van der Waals surface area contributed by atoms with E-state index < -0.39 is 0 Å². The quantitative estimate of drug-likeness (QED) is 0.757. The molecule has 102 valence electrons.